The minimum atomic E-state index is -2.76. The fourth-order valence-electron chi connectivity index (χ4n) is 9.89. The Balaban J connectivity index is 0.814. The van der Waals surface area contributed by atoms with Gasteiger partial charge in [-0.15, -0.1) is 0 Å². The number of pyridine rings is 1. The number of imide groups is 1. The SMILES string of the molecule is Cn1cc(-c2cc(Nc3ncc(Br)c(Nc4cnc(-c5ccccc5)cc4P(C)(C)=O)n3)c(OC3CC3)cc2N2CCC(N3CCN(CCc4cc(F)c([C@H]5CCC(=O)NC5=O)c(F)c4)CC3)CC2)cn1. The molecule has 3 aliphatic heterocycles. The maximum Gasteiger partial charge on any atom is 0.234 e. The molecule has 4 fully saturated rings. The number of anilines is 5. The zero-order chi connectivity index (χ0) is 49.4. The second kappa shape index (κ2) is 20.6. The summed E-state index contributed by atoms with van der Waals surface area (Å²) >= 11 is 3.63. The van der Waals surface area contributed by atoms with Crippen molar-refractivity contribution in [3.63, 3.8) is 0 Å². The van der Waals surface area contributed by atoms with E-state index >= 15 is 8.78 Å². The van der Waals surface area contributed by atoms with Gasteiger partial charge in [0, 0.05) is 117 Å². The molecule has 370 valence electrons. The molecule has 10 rings (SSSR count). The zero-order valence-corrected chi connectivity index (χ0v) is 42.5. The van der Waals surface area contributed by atoms with Crippen molar-refractivity contribution in [2.45, 2.75) is 63.0 Å². The summed E-state index contributed by atoms with van der Waals surface area (Å²) in [6, 6.07) is 19.1. The Kier molecular flexibility index (Phi) is 14.1. The number of carbonyl (C=O) groups is 2. The first kappa shape index (κ1) is 48.6. The number of piperazine rings is 1. The zero-order valence-electron chi connectivity index (χ0n) is 40.0. The highest BCUT2D eigenvalue weighted by Gasteiger charge is 2.34. The minimum Gasteiger partial charge on any atom is -0.488 e. The number of hydrogen-bond donors (Lipinski definition) is 3. The standard InChI is InChI=1S/C52H57BrF2N11O4P/c1-63-31-34(28-58-63)38-25-43(60-52-57-29-39(53)50(62-52)59-44-30-56-42(26-47(44)71(2,3)69)33-7-5-4-6-8-33)46(70-36-9-10-36)27-45(38)66-17-14-35(15-18-66)65-21-19-64(20-22-65)16-13-32-23-40(54)49(41(55)24-32)37-11-12-48(67)61-51(37)68/h4-8,23-31,35-37H,9-22H2,1-3H3,(H,61,67,68)(H2,57,59,60,62)/t37-/m1/s1. The molecule has 0 unspecified atom stereocenters. The van der Waals surface area contributed by atoms with Gasteiger partial charge in [0.1, 0.15) is 30.3 Å². The quantitative estimate of drug-likeness (QED) is 0.0663. The summed E-state index contributed by atoms with van der Waals surface area (Å²) in [6.07, 6.45) is 12.0. The summed E-state index contributed by atoms with van der Waals surface area (Å²) in [7, 11) is -0.846. The Morgan fingerprint density at radius 2 is 1.59 bits per heavy atom. The Morgan fingerprint density at radius 1 is 0.845 bits per heavy atom. The first-order valence-corrected chi connectivity index (χ1v) is 27.7. The highest BCUT2D eigenvalue weighted by atomic mass is 79.9. The summed E-state index contributed by atoms with van der Waals surface area (Å²) in [5, 5.41) is 14.3. The van der Waals surface area contributed by atoms with E-state index in [1.807, 2.05) is 55.8 Å². The predicted molar refractivity (Wildman–Crippen MR) is 276 cm³/mol. The van der Waals surface area contributed by atoms with E-state index in [0.717, 1.165) is 98.7 Å². The van der Waals surface area contributed by atoms with Crippen molar-refractivity contribution >= 4 is 69.0 Å². The molecule has 3 N–H and O–H groups in total. The molecule has 1 atom stereocenters. The average molecular weight is 1050 g/mol. The molecule has 0 radical (unpaired) electrons. The summed E-state index contributed by atoms with van der Waals surface area (Å²) in [5.74, 6) is -2.01. The summed E-state index contributed by atoms with van der Waals surface area (Å²) < 4.78 is 53.1. The molecule has 4 aliphatic rings. The van der Waals surface area contributed by atoms with Crippen molar-refractivity contribution in [1.82, 2.24) is 39.8 Å². The first-order valence-electron chi connectivity index (χ1n) is 24.3. The molecule has 3 aromatic heterocycles. The van der Waals surface area contributed by atoms with Gasteiger partial charge in [0.2, 0.25) is 17.8 Å². The number of benzene rings is 3. The minimum absolute atomic E-state index is 0.0583. The van der Waals surface area contributed by atoms with E-state index in [0.29, 0.717) is 57.6 Å². The molecule has 6 heterocycles. The number of carbonyl (C=O) groups excluding carboxylic acids is 2. The molecular weight excluding hydrogens is 992 g/mol. The number of piperidine rings is 2. The van der Waals surface area contributed by atoms with Crippen LogP contribution in [0.3, 0.4) is 0 Å². The Labute approximate surface area is 420 Å². The number of ether oxygens (including phenoxy) is 1. The molecular formula is C52H57BrF2N11O4P. The van der Waals surface area contributed by atoms with Crippen LogP contribution >= 0.6 is 23.1 Å². The fraction of sp³-hybridized carbons (Fsp3) is 0.385. The number of aryl methyl sites for hydroxylation is 1. The molecule has 6 aromatic rings. The van der Waals surface area contributed by atoms with E-state index in [4.69, 9.17) is 14.7 Å². The molecule has 1 saturated carbocycles. The third kappa shape index (κ3) is 11.2. The van der Waals surface area contributed by atoms with Gasteiger partial charge in [-0.3, -0.25) is 29.5 Å². The first-order chi connectivity index (χ1) is 34.2. The van der Waals surface area contributed by atoms with Crippen LogP contribution in [0.5, 0.6) is 5.75 Å². The van der Waals surface area contributed by atoms with Gasteiger partial charge >= 0.3 is 0 Å². The van der Waals surface area contributed by atoms with E-state index in [2.05, 4.69) is 68.8 Å². The Morgan fingerprint density at radius 3 is 2.27 bits per heavy atom. The van der Waals surface area contributed by atoms with Gasteiger partial charge in [0.25, 0.3) is 0 Å². The topological polar surface area (TPSA) is 163 Å². The van der Waals surface area contributed by atoms with Gasteiger partial charge in [-0.05, 0) is 97.6 Å². The highest BCUT2D eigenvalue weighted by Crippen LogP contribution is 2.44. The van der Waals surface area contributed by atoms with Crippen LogP contribution in [0.15, 0.2) is 89.9 Å². The van der Waals surface area contributed by atoms with Gasteiger partial charge in [-0.1, -0.05) is 30.3 Å². The van der Waals surface area contributed by atoms with Crippen molar-refractivity contribution in [3.05, 3.63) is 113 Å². The lowest BCUT2D eigenvalue weighted by Crippen LogP contribution is -2.53. The van der Waals surface area contributed by atoms with Gasteiger partial charge in [-0.2, -0.15) is 10.1 Å². The smallest absolute Gasteiger partial charge is 0.234 e. The lowest BCUT2D eigenvalue weighted by molar-refractivity contribution is -0.134. The number of amides is 2. The lowest BCUT2D eigenvalue weighted by atomic mass is 9.89. The third-order valence-electron chi connectivity index (χ3n) is 13.9. The molecule has 19 heteroatoms. The number of hydrogen-bond acceptors (Lipinski definition) is 13. The second-order valence-electron chi connectivity index (χ2n) is 19.4. The van der Waals surface area contributed by atoms with Crippen LogP contribution in [0.25, 0.3) is 22.4 Å². The molecule has 2 amide bonds. The molecule has 3 aromatic carbocycles. The summed E-state index contributed by atoms with van der Waals surface area (Å²) in [5.41, 5.74) is 6.33. The maximum atomic E-state index is 15.2. The van der Waals surface area contributed by atoms with E-state index in [1.54, 1.807) is 30.4 Å². The van der Waals surface area contributed by atoms with Gasteiger partial charge in [0.15, 0.2) is 0 Å². The van der Waals surface area contributed by atoms with Crippen LogP contribution in [0.4, 0.5) is 37.6 Å². The highest BCUT2D eigenvalue weighted by molar-refractivity contribution is 9.10. The van der Waals surface area contributed by atoms with Crippen LogP contribution in [-0.4, -0.2) is 118 Å². The van der Waals surface area contributed by atoms with E-state index < -0.39 is 36.5 Å². The largest absolute Gasteiger partial charge is 0.488 e. The molecule has 71 heavy (non-hydrogen) atoms. The van der Waals surface area contributed by atoms with Crippen LogP contribution < -0.4 is 30.9 Å². The number of aromatic nitrogens is 5. The van der Waals surface area contributed by atoms with Gasteiger partial charge < -0.3 is 29.7 Å². The Bertz CT molecular complexity index is 2980. The van der Waals surface area contributed by atoms with Crippen LogP contribution in [0.1, 0.15) is 55.6 Å². The molecule has 0 bridgehead atoms. The van der Waals surface area contributed by atoms with Gasteiger partial charge in [-0.25, -0.2) is 13.8 Å². The lowest BCUT2D eigenvalue weighted by Gasteiger charge is -2.43. The molecule has 1 aliphatic carbocycles. The van der Waals surface area contributed by atoms with Crippen LogP contribution in [0, 0.1) is 11.6 Å². The van der Waals surface area contributed by atoms with Crippen LogP contribution in [-0.2, 0) is 27.6 Å². The summed E-state index contributed by atoms with van der Waals surface area (Å²) in [4.78, 5) is 45.6. The molecule has 15 nitrogen and oxygen atoms in total. The number of nitrogens with zero attached hydrogens (tertiary/aromatic N) is 8. The van der Waals surface area contributed by atoms with E-state index in [1.165, 1.54) is 12.1 Å². The van der Waals surface area contributed by atoms with Crippen molar-refractivity contribution < 1.29 is 27.7 Å². The second-order valence-corrected chi connectivity index (χ2v) is 23.4. The molecule has 3 saturated heterocycles. The summed E-state index contributed by atoms with van der Waals surface area (Å²) in [6.45, 7) is 9.43. The Hall–Kier alpha value is -6.07. The number of nitrogens with one attached hydrogen (secondary N) is 3. The fourth-order valence-corrected chi connectivity index (χ4v) is 11.3. The van der Waals surface area contributed by atoms with Crippen LogP contribution in [0.2, 0.25) is 0 Å². The maximum absolute atomic E-state index is 15.2. The third-order valence-corrected chi connectivity index (χ3v) is 16.0. The van der Waals surface area contributed by atoms with Gasteiger partial charge in [0.05, 0.1) is 46.0 Å². The monoisotopic (exact) mass is 1050 g/mol. The van der Waals surface area contributed by atoms with Crippen molar-refractivity contribution in [2.75, 3.05) is 74.7 Å². The van der Waals surface area contributed by atoms with Crippen molar-refractivity contribution in [2.24, 2.45) is 7.05 Å². The van der Waals surface area contributed by atoms with Crippen molar-refractivity contribution in [1.29, 1.82) is 0 Å². The number of rotatable bonds is 15. The molecule has 0 spiro atoms. The average Bonchev–Trinajstić information content (AvgIpc) is 4.08. The van der Waals surface area contributed by atoms with Crippen molar-refractivity contribution in [3.8, 4) is 28.1 Å². The van der Waals surface area contributed by atoms with E-state index in [9.17, 15) is 14.2 Å². The predicted octanol–water partition coefficient (Wildman–Crippen LogP) is 8.61. The normalized spacial score (nSPS) is 18.4. The number of halogens is 3. The van der Waals surface area contributed by atoms with E-state index in [-0.39, 0.29) is 24.5 Å².